The Morgan fingerprint density at radius 1 is 1.25 bits per heavy atom. The number of carbonyl (C=O) groups excluding carboxylic acids is 1. The molecule has 0 fully saturated rings. The first-order chi connectivity index (χ1) is 7.64. The van der Waals surface area contributed by atoms with E-state index in [2.05, 4.69) is 0 Å². The number of hydrogen-bond acceptors (Lipinski definition) is 3. The molecule has 0 atom stereocenters. The summed E-state index contributed by atoms with van der Waals surface area (Å²) < 4.78 is 10.3. The lowest BCUT2D eigenvalue weighted by Gasteiger charge is -2.21. The minimum atomic E-state index is -0.502. The smallest absolute Gasteiger partial charge is 0.418 e. The Balaban J connectivity index is 2.19. The van der Waals surface area contributed by atoms with Crippen molar-refractivity contribution in [1.29, 1.82) is 0 Å². The second-order valence-corrected chi connectivity index (χ2v) is 4.23. The van der Waals surface area contributed by atoms with E-state index < -0.39 is 5.60 Å². The molecule has 0 heterocycles. The Labute approximate surface area is 96.4 Å². The van der Waals surface area contributed by atoms with Crippen molar-refractivity contribution in [3.8, 4) is 0 Å². The minimum absolute atomic E-state index is 0.502. The molecule has 1 radical (unpaired) electrons. The van der Waals surface area contributed by atoms with Gasteiger partial charge >= 0.3 is 6.47 Å². The molecule has 0 bridgehead atoms. The summed E-state index contributed by atoms with van der Waals surface area (Å²) >= 11 is 0. The van der Waals surface area contributed by atoms with E-state index in [1.54, 1.807) is 0 Å². The van der Waals surface area contributed by atoms with Crippen LogP contribution in [0.5, 0.6) is 0 Å². The molecular formula is C13H17O3. The van der Waals surface area contributed by atoms with Gasteiger partial charge in [0.15, 0.2) is 0 Å². The third-order valence-corrected chi connectivity index (χ3v) is 2.28. The van der Waals surface area contributed by atoms with Crippen LogP contribution in [0.4, 0.5) is 0 Å². The van der Waals surface area contributed by atoms with Gasteiger partial charge in [-0.3, -0.25) is 0 Å². The molecule has 0 N–H and O–H groups in total. The first kappa shape index (κ1) is 12.7. The molecule has 0 saturated carbocycles. The molecule has 3 nitrogen and oxygen atoms in total. The fourth-order valence-electron chi connectivity index (χ4n) is 1.25. The monoisotopic (exact) mass is 221 g/mol. The summed E-state index contributed by atoms with van der Waals surface area (Å²) in [7, 11) is 0. The molecule has 1 aromatic rings. The van der Waals surface area contributed by atoms with Crippen LogP contribution in [0.3, 0.4) is 0 Å². The fraction of sp³-hybridized carbons (Fsp3) is 0.462. The van der Waals surface area contributed by atoms with E-state index in [1.807, 2.05) is 44.2 Å². The van der Waals surface area contributed by atoms with E-state index in [0.29, 0.717) is 19.6 Å². The van der Waals surface area contributed by atoms with Crippen molar-refractivity contribution in [2.75, 3.05) is 6.61 Å². The van der Waals surface area contributed by atoms with Crippen molar-refractivity contribution in [2.45, 2.75) is 32.5 Å². The third kappa shape index (κ3) is 4.94. The van der Waals surface area contributed by atoms with Crippen LogP contribution in [-0.4, -0.2) is 18.7 Å². The topological polar surface area (TPSA) is 35.5 Å². The number of rotatable bonds is 7. The zero-order valence-corrected chi connectivity index (χ0v) is 9.73. The zero-order chi connectivity index (χ0) is 11.9. The van der Waals surface area contributed by atoms with Crippen LogP contribution < -0.4 is 0 Å². The van der Waals surface area contributed by atoms with Gasteiger partial charge in [-0.2, -0.15) is 0 Å². The SMILES string of the molecule is CC(C)(CCOCc1ccccc1)O[C]=O. The quantitative estimate of drug-likeness (QED) is 0.663. The molecule has 0 saturated heterocycles. The Kier molecular flexibility index (Phi) is 4.99. The van der Waals surface area contributed by atoms with E-state index in [9.17, 15) is 4.79 Å². The lowest BCUT2D eigenvalue weighted by molar-refractivity contribution is 0.0309. The second kappa shape index (κ2) is 6.28. The summed E-state index contributed by atoms with van der Waals surface area (Å²) in [4.78, 5) is 10.1. The lowest BCUT2D eigenvalue weighted by atomic mass is 10.1. The zero-order valence-electron chi connectivity index (χ0n) is 9.73. The van der Waals surface area contributed by atoms with Crippen LogP contribution in [0.15, 0.2) is 30.3 Å². The van der Waals surface area contributed by atoms with Crippen molar-refractivity contribution in [2.24, 2.45) is 0 Å². The van der Waals surface area contributed by atoms with Crippen LogP contribution in [0.1, 0.15) is 25.8 Å². The van der Waals surface area contributed by atoms with Crippen LogP contribution >= 0.6 is 0 Å². The van der Waals surface area contributed by atoms with E-state index in [-0.39, 0.29) is 0 Å². The molecule has 0 aliphatic carbocycles. The predicted octanol–water partition coefficient (Wildman–Crippen LogP) is 2.46. The maximum Gasteiger partial charge on any atom is 0.418 e. The van der Waals surface area contributed by atoms with Gasteiger partial charge in [-0.1, -0.05) is 30.3 Å². The summed E-state index contributed by atoms with van der Waals surface area (Å²) in [6.07, 6.45) is 0.662. The predicted molar refractivity (Wildman–Crippen MR) is 61.6 cm³/mol. The van der Waals surface area contributed by atoms with Crippen molar-refractivity contribution in [1.82, 2.24) is 0 Å². The van der Waals surface area contributed by atoms with Gasteiger partial charge < -0.3 is 9.47 Å². The molecule has 1 aromatic carbocycles. The Morgan fingerprint density at radius 2 is 1.94 bits per heavy atom. The molecule has 3 heteroatoms. The number of hydrogen-bond donors (Lipinski definition) is 0. The van der Waals surface area contributed by atoms with Gasteiger partial charge in [0.05, 0.1) is 13.2 Å². The first-order valence-corrected chi connectivity index (χ1v) is 5.31. The lowest BCUT2D eigenvalue weighted by Crippen LogP contribution is -2.25. The second-order valence-electron chi connectivity index (χ2n) is 4.23. The van der Waals surface area contributed by atoms with E-state index in [4.69, 9.17) is 9.47 Å². The summed E-state index contributed by atoms with van der Waals surface area (Å²) in [5.74, 6) is 0. The molecule has 16 heavy (non-hydrogen) atoms. The highest BCUT2D eigenvalue weighted by Gasteiger charge is 2.18. The number of ether oxygens (including phenoxy) is 2. The highest BCUT2D eigenvalue weighted by Crippen LogP contribution is 2.13. The van der Waals surface area contributed by atoms with E-state index in [0.717, 1.165) is 5.56 Å². The summed E-state index contributed by atoms with van der Waals surface area (Å²) in [5, 5.41) is 0. The maximum atomic E-state index is 10.1. The summed E-state index contributed by atoms with van der Waals surface area (Å²) in [6, 6.07) is 9.96. The van der Waals surface area contributed by atoms with Crippen LogP contribution in [-0.2, 0) is 20.9 Å². The highest BCUT2D eigenvalue weighted by molar-refractivity contribution is 5.39. The fourth-order valence-corrected chi connectivity index (χ4v) is 1.25. The maximum absolute atomic E-state index is 10.1. The minimum Gasteiger partial charge on any atom is -0.451 e. The molecule has 0 aromatic heterocycles. The van der Waals surface area contributed by atoms with Gasteiger partial charge in [-0.15, -0.1) is 0 Å². The van der Waals surface area contributed by atoms with Gasteiger partial charge in [0.1, 0.15) is 5.60 Å². The molecule has 87 valence electrons. The van der Waals surface area contributed by atoms with Crippen molar-refractivity contribution in [3.63, 3.8) is 0 Å². The summed E-state index contributed by atoms with van der Waals surface area (Å²) in [5.41, 5.74) is 0.640. The largest absolute Gasteiger partial charge is 0.451 e. The highest BCUT2D eigenvalue weighted by atomic mass is 16.5. The van der Waals surface area contributed by atoms with Crippen molar-refractivity contribution >= 4 is 6.47 Å². The normalized spacial score (nSPS) is 11.1. The van der Waals surface area contributed by atoms with Gasteiger partial charge in [-0.25, -0.2) is 4.79 Å². The summed E-state index contributed by atoms with van der Waals surface area (Å²) in [6.45, 7) is 6.28. The average Bonchev–Trinajstić information content (AvgIpc) is 2.26. The Hall–Kier alpha value is -1.35. The number of benzene rings is 1. The first-order valence-electron chi connectivity index (χ1n) is 5.31. The third-order valence-electron chi connectivity index (χ3n) is 2.28. The van der Waals surface area contributed by atoms with Crippen molar-refractivity contribution < 1.29 is 14.3 Å². The van der Waals surface area contributed by atoms with Crippen molar-refractivity contribution in [3.05, 3.63) is 35.9 Å². The van der Waals surface area contributed by atoms with Crippen LogP contribution in [0.2, 0.25) is 0 Å². The van der Waals surface area contributed by atoms with Gasteiger partial charge in [0.25, 0.3) is 0 Å². The Morgan fingerprint density at radius 3 is 2.56 bits per heavy atom. The van der Waals surface area contributed by atoms with Gasteiger partial charge in [0.2, 0.25) is 0 Å². The molecule has 1 rings (SSSR count). The molecule has 0 spiro atoms. The van der Waals surface area contributed by atoms with Gasteiger partial charge in [-0.05, 0) is 19.4 Å². The molecule has 0 aliphatic heterocycles. The van der Waals surface area contributed by atoms with Gasteiger partial charge in [0, 0.05) is 6.42 Å². The van der Waals surface area contributed by atoms with E-state index in [1.165, 1.54) is 6.47 Å². The van der Waals surface area contributed by atoms with Crippen LogP contribution in [0.25, 0.3) is 0 Å². The van der Waals surface area contributed by atoms with E-state index >= 15 is 0 Å². The molecular weight excluding hydrogens is 204 g/mol. The Bertz CT molecular complexity index is 306. The molecule has 0 amide bonds. The molecule has 0 aliphatic rings. The molecule has 0 unspecified atom stereocenters. The average molecular weight is 221 g/mol. The standard InChI is InChI=1S/C13H17O3/c1-13(2,16-11-14)8-9-15-10-12-6-4-3-5-7-12/h3-7H,8-10H2,1-2H3. The van der Waals surface area contributed by atoms with Crippen LogP contribution in [0, 0.1) is 0 Å².